The van der Waals surface area contributed by atoms with Crippen LogP contribution in [0.25, 0.3) is 22.4 Å². The Balaban J connectivity index is 1.99. The van der Waals surface area contributed by atoms with E-state index in [0.717, 1.165) is 11.0 Å². The summed E-state index contributed by atoms with van der Waals surface area (Å²) in [6.45, 7) is 5.34. The summed E-state index contributed by atoms with van der Waals surface area (Å²) in [5, 5.41) is 1.28. The first-order chi connectivity index (χ1) is 11.5. The van der Waals surface area contributed by atoms with E-state index in [2.05, 4.69) is 102 Å². The highest BCUT2D eigenvalue weighted by atomic mass is 79.9. The molecule has 0 amide bonds. The highest BCUT2D eigenvalue weighted by molar-refractivity contribution is 9.10. The van der Waals surface area contributed by atoms with E-state index in [9.17, 15) is 0 Å². The standard InChI is InChI=1S/C20H22BrN2S/c1-5-23-18-10-8-16(21)13-19(18)24-20(23)11-7-15-6-9-17(22(3)4)12-14(15)2/h6-13H,5H2,1-4H3/q+1. The van der Waals surface area contributed by atoms with E-state index < -0.39 is 0 Å². The van der Waals surface area contributed by atoms with E-state index >= 15 is 0 Å². The first kappa shape index (κ1) is 17.2. The Morgan fingerprint density at radius 1 is 1.12 bits per heavy atom. The summed E-state index contributed by atoms with van der Waals surface area (Å²) < 4.78 is 4.81. The third kappa shape index (κ3) is 3.40. The molecule has 1 aromatic heterocycles. The first-order valence-electron chi connectivity index (χ1n) is 8.07. The van der Waals surface area contributed by atoms with Crippen LogP contribution in [0.1, 0.15) is 23.1 Å². The zero-order chi connectivity index (χ0) is 17.3. The summed E-state index contributed by atoms with van der Waals surface area (Å²) in [6.07, 6.45) is 4.46. The molecule has 0 fully saturated rings. The number of anilines is 1. The Kier molecular flexibility index (Phi) is 5.07. The second-order valence-electron chi connectivity index (χ2n) is 6.07. The van der Waals surface area contributed by atoms with Gasteiger partial charge in [-0.1, -0.05) is 33.3 Å². The third-order valence-corrected chi connectivity index (χ3v) is 5.79. The van der Waals surface area contributed by atoms with Gasteiger partial charge in [-0.3, -0.25) is 0 Å². The number of aromatic nitrogens is 1. The van der Waals surface area contributed by atoms with Crippen molar-refractivity contribution in [2.75, 3.05) is 19.0 Å². The van der Waals surface area contributed by atoms with Crippen molar-refractivity contribution in [1.82, 2.24) is 0 Å². The zero-order valence-electron chi connectivity index (χ0n) is 14.5. The van der Waals surface area contributed by atoms with Gasteiger partial charge in [-0.25, -0.2) is 0 Å². The summed E-state index contributed by atoms with van der Waals surface area (Å²) in [7, 11) is 4.15. The Bertz CT molecular complexity index is 909. The van der Waals surface area contributed by atoms with Gasteiger partial charge in [0.2, 0.25) is 5.52 Å². The summed E-state index contributed by atoms with van der Waals surface area (Å²) >= 11 is 5.40. The Hall–Kier alpha value is -1.65. The number of halogens is 1. The normalized spacial score (nSPS) is 11.5. The lowest BCUT2D eigenvalue weighted by atomic mass is 10.1. The van der Waals surface area contributed by atoms with Crippen molar-refractivity contribution in [3.63, 3.8) is 0 Å². The van der Waals surface area contributed by atoms with Crippen molar-refractivity contribution in [3.05, 3.63) is 57.0 Å². The number of nitrogens with zero attached hydrogens (tertiary/aromatic N) is 2. The number of hydrogen-bond acceptors (Lipinski definition) is 2. The van der Waals surface area contributed by atoms with Crippen molar-refractivity contribution < 1.29 is 4.57 Å². The zero-order valence-corrected chi connectivity index (χ0v) is 16.9. The lowest BCUT2D eigenvalue weighted by molar-refractivity contribution is -0.665. The van der Waals surface area contributed by atoms with Gasteiger partial charge in [0.25, 0.3) is 5.01 Å². The molecule has 2 aromatic carbocycles. The van der Waals surface area contributed by atoms with Crippen LogP contribution in [0.4, 0.5) is 5.69 Å². The predicted molar refractivity (Wildman–Crippen MR) is 110 cm³/mol. The molecule has 0 radical (unpaired) electrons. The maximum Gasteiger partial charge on any atom is 0.262 e. The van der Waals surface area contributed by atoms with E-state index in [1.165, 1.54) is 32.0 Å². The number of aryl methyl sites for hydroxylation is 2. The smallest absolute Gasteiger partial charge is 0.262 e. The molecular formula is C20H22BrN2S+. The third-order valence-electron chi connectivity index (χ3n) is 4.18. The first-order valence-corrected chi connectivity index (χ1v) is 9.68. The second kappa shape index (κ2) is 7.08. The summed E-state index contributed by atoms with van der Waals surface area (Å²) in [4.78, 5) is 2.13. The molecule has 124 valence electrons. The number of hydrogen-bond donors (Lipinski definition) is 0. The Morgan fingerprint density at radius 3 is 2.58 bits per heavy atom. The number of thiazole rings is 1. The molecule has 0 saturated heterocycles. The van der Waals surface area contributed by atoms with Crippen LogP contribution in [0.2, 0.25) is 0 Å². The fourth-order valence-corrected chi connectivity index (χ4v) is 4.50. The van der Waals surface area contributed by atoms with E-state index in [-0.39, 0.29) is 0 Å². The largest absolute Gasteiger partial charge is 0.378 e. The Morgan fingerprint density at radius 2 is 1.92 bits per heavy atom. The molecule has 0 atom stereocenters. The fourth-order valence-electron chi connectivity index (χ4n) is 2.82. The molecule has 24 heavy (non-hydrogen) atoms. The quantitative estimate of drug-likeness (QED) is 0.522. The van der Waals surface area contributed by atoms with Crippen LogP contribution in [0, 0.1) is 6.92 Å². The Labute approximate surface area is 156 Å². The molecule has 0 aliphatic carbocycles. The van der Waals surface area contributed by atoms with E-state index in [0.29, 0.717) is 0 Å². The lowest BCUT2D eigenvalue weighted by Gasteiger charge is -2.13. The topological polar surface area (TPSA) is 7.12 Å². The number of rotatable bonds is 4. The molecule has 3 aromatic rings. The van der Waals surface area contributed by atoms with Crippen molar-refractivity contribution in [2.24, 2.45) is 0 Å². The molecule has 0 aliphatic rings. The summed E-state index contributed by atoms with van der Waals surface area (Å²) in [5.41, 5.74) is 5.09. The molecule has 0 unspecified atom stereocenters. The van der Waals surface area contributed by atoms with E-state index in [1.807, 2.05) is 11.3 Å². The molecule has 1 heterocycles. The second-order valence-corrected chi connectivity index (χ2v) is 8.04. The summed E-state index contributed by atoms with van der Waals surface area (Å²) in [6, 6.07) is 13.1. The van der Waals surface area contributed by atoms with Gasteiger partial charge in [0.15, 0.2) is 0 Å². The molecule has 3 rings (SSSR count). The minimum atomic E-state index is 0.972. The highest BCUT2D eigenvalue weighted by Gasteiger charge is 2.16. The van der Waals surface area contributed by atoms with Crippen LogP contribution in [0.15, 0.2) is 40.9 Å². The molecule has 2 nitrogen and oxygen atoms in total. The SMILES string of the molecule is CC[n+]1c(/C=C/c2ccc(N(C)C)cc2C)sc2cc(Br)ccc21. The molecule has 4 heteroatoms. The minimum Gasteiger partial charge on any atom is -0.378 e. The monoisotopic (exact) mass is 401 g/mol. The van der Waals surface area contributed by atoms with Crippen molar-refractivity contribution in [2.45, 2.75) is 20.4 Å². The average Bonchev–Trinajstić information content (AvgIpc) is 2.89. The van der Waals surface area contributed by atoms with Crippen LogP contribution in [0.3, 0.4) is 0 Å². The molecule has 0 bridgehead atoms. The van der Waals surface area contributed by atoms with Crippen molar-refractivity contribution in [1.29, 1.82) is 0 Å². The van der Waals surface area contributed by atoms with Crippen LogP contribution < -0.4 is 9.47 Å². The maximum atomic E-state index is 3.57. The lowest BCUT2D eigenvalue weighted by Crippen LogP contribution is -2.33. The van der Waals surface area contributed by atoms with Gasteiger partial charge in [0.1, 0.15) is 11.2 Å². The van der Waals surface area contributed by atoms with Crippen LogP contribution >= 0.6 is 27.3 Å². The van der Waals surface area contributed by atoms with Crippen molar-refractivity contribution in [3.8, 4) is 0 Å². The number of fused-ring (bicyclic) bond motifs is 1. The van der Waals surface area contributed by atoms with Crippen LogP contribution in [0.5, 0.6) is 0 Å². The van der Waals surface area contributed by atoms with Gasteiger partial charge in [-0.2, -0.15) is 4.57 Å². The molecular weight excluding hydrogens is 380 g/mol. The van der Waals surface area contributed by atoms with E-state index in [4.69, 9.17) is 0 Å². The van der Waals surface area contributed by atoms with Gasteiger partial charge in [0, 0.05) is 36.4 Å². The van der Waals surface area contributed by atoms with Gasteiger partial charge in [-0.15, -0.1) is 0 Å². The van der Waals surface area contributed by atoms with Gasteiger partial charge in [-0.05, 0) is 55.3 Å². The van der Waals surface area contributed by atoms with E-state index in [1.54, 1.807) is 0 Å². The molecule has 0 spiro atoms. The van der Waals surface area contributed by atoms with Crippen molar-refractivity contribution >= 4 is 55.3 Å². The van der Waals surface area contributed by atoms with Gasteiger partial charge < -0.3 is 4.90 Å². The predicted octanol–water partition coefficient (Wildman–Crippen LogP) is 5.52. The molecule has 0 N–H and O–H groups in total. The van der Waals surface area contributed by atoms with Crippen LogP contribution in [-0.4, -0.2) is 14.1 Å². The average molecular weight is 402 g/mol. The maximum absolute atomic E-state index is 3.57. The summed E-state index contributed by atoms with van der Waals surface area (Å²) in [5.74, 6) is 0. The highest BCUT2D eigenvalue weighted by Crippen LogP contribution is 2.26. The van der Waals surface area contributed by atoms with Gasteiger partial charge in [0.05, 0.1) is 0 Å². The molecule has 0 saturated carbocycles. The fraction of sp³-hybridized carbons (Fsp3) is 0.250. The van der Waals surface area contributed by atoms with Gasteiger partial charge >= 0.3 is 0 Å². The molecule has 0 aliphatic heterocycles. The minimum absolute atomic E-state index is 0.972. The van der Waals surface area contributed by atoms with Crippen LogP contribution in [-0.2, 0) is 6.54 Å². The number of benzene rings is 2.